The van der Waals surface area contributed by atoms with Gasteiger partial charge in [0.25, 0.3) is 0 Å². The van der Waals surface area contributed by atoms with Crippen molar-refractivity contribution in [3.63, 3.8) is 0 Å². The quantitative estimate of drug-likeness (QED) is 0.177. The minimum absolute atomic E-state index is 0.0533. The van der Waals surface area contributed by atoms with Crippen LogP contribution in [0.4, 0.5) is 0 Å². The second-order valence-corrected chi connectivity index (χ2v) is 16.4. The van der Waals surface area contributed by atoms with Crippen molar-refractivity contribution in [3.05, 3.63) is 113 Å². The van der Waals surface area contributed by atoms with E-state index in [1.165, 1.54) is 39.2 Å². The molecule has 1 aliphatic rings. The van der Waals surface area contributed by atoms with E-state index in [-0.39, 0.29) is 27.4 Å². The average Bonchev–Trinajstić information content (AvgIpc) is 3.45. The molecule has 0 saturated carbocycles. The van der Waals surface area contributed by atoms with Gasteiger partial charge in [-0.05, 0) is 126 Å². The van der Waals surface area contributed by atoms with E-state index < -0.39 is 18.6 Å². The number of furan rings is 1. The molecule has 5 aromatic carbocycles. The van der Waals surface area contributed by atoms with E-state index in [9.17, 15) is 0 Å². The van der Waals surface area contributed by atoms with Crippen LogP contribution in [0.25, 0.3) is 65.9 Å². The lowest BCUT2D eigenvalue weighted by atomic mass is 9.52. The van der Waals surface area contributed by atoms with Gasteiger partial charge in [-0.25, -0.2) is 0 Å². The Morgan fingerprint density at radius 3 is 2.12 bits per heavy atom. The summed E-state index contributed by atoms with van der Waals surface area (Å²) in [5.74, 6) is 0. The molecule has 0 radical (unpaired) electrons. The van der Waals surface area contributed by atoms with Crippen molar-refractivity contribution in [3.8, 4) is 22.4 Å². The van der Waals surface area contributed by atoms with Gasteiger partial charge in [0, 0.05) is 29.4 Å². The molecule has 242 valence electrons. The third-order valence-corrected chi connectivity index (χ3v) is 12.0. The van der Waals surface area contributed by atoms with Crippen molar-refractivity contribution in [2.24, 2.45) is 10.8 Å². The first-order chi connectivity index (χ1) is 24.6. The Bertz CT molecular complexity index is 2650. The molecule has 0 N–H and O–H groups in total. The summed E-state index contributed by atoms with van der Waals surface area (Å²) in [6, 6.07) is 30.0. The number of aromatic nitrogens is 1. The van der Waals surface area contributed by atoms with Gasteiger partial charge in [-0.1, -0.05) is 111 Å². The van der Waals surface area contributed by atoms with E-state index in [0.717, 1.165) is 27.1 Å². The van der Waals surface area contributed by atoms with Gasteiger partial charge in [-0.15, -0.1) is 0 Å². The van der Waals surface area contributed by atoms with E-state index in [4.69, 9.17) is 11.3 Å². The Hall–Kier alpha value is -4.43. The first-order valence-corrected chi connectivity index (χ1v) is 17.0. The highest BCUT2D eigenvalue weighted by molar-refractivity contribution is 6.18. The first kappa shape index (κ1) is 25.6. The summed E-state index contributed by atoms with van der Waals surface area (Å²) in [6.07, 6.45) is -0.623. The lowest BCUT2D eigenvalue weighted by Crippen LogP contribution is -2.48. The van der Waals surface area contributed by atoms with E-state index in [1.54, 1.807) is 26.8 Å². The zero-order valence-corrected chi connectivity index (χ0v) is 29.5. The molecular formula is C46H47NO. The summed E-state index contributed by atoms with van der Waals surface area (Å²) >= 11 is 0. The number of benzene rings is 5. The first-order valence-electron chi connectivity index (χ1n) is 19.5. The number of para-hydroxylation sites is 1. The second kappa shape index (κ2) is 10.0. The molecule has 1 aliphatic carbocycles. The smallest absolute Gasteiger partial charge is 0.144 e. The summed E-state index contributed by atoms with van der Waals surface area (Å²) in [5, 5.41) is 6.47. The molecule has 8 rings (SSSR count). The molecule has 0 aliphatic heterocycles. The molecule has 0 saturated heterocycles. The number of rotatable bonds is 2. The summed E-state index contributed by atoms with van der Waals surface area (Å²) in [7, 11) is 0. The Morgan fingerprint density at radius 1 is 0.688 bits per heavy atom. The highest BCUT2D eigenvalue weighted by atomic mass is 16.3. The van der Waals surface area contributed by atoms with Crippen LogP contribution >= 0.6 is 0 Å². The van der Waals surface area contributed by atoms with Crippen LogP contribution in [0, 0.1) is 17.7 Å². The highest BCUT2D eigenvalue weighted by Gasteiger charge is 2.52. The van der Waals surface area contributed by atoms with Crippen LogP contribution in [0.1, 0.15) is 91.4 Å². The molecule has 7 aromatic rings. The maximum absolute atomic E-state index is 9.03. The molecule has 0 fully saturated rings. The van der Waals surface area contributed by atoms with Crippen molar-refractivity contribution < 1.29 is 11.3 Å². The van der Waals surface area contributed by atoms with Gasteiger partial charge in [0.05, 0.1) is 5.69 Å². The van der Waals surface area contributed by atoms with Crippen molar-refractivity contribution >= 4 is 43.5 Å². The normalized spacial score (nSPS) is 18.8. The minimum Gasteiger partial charge on any atom is -0.455 e. The van der Waals surface area contributed by atoms with Gasteiger partial charge in [-0.2, -0.15) is 0 Å². The van der Waals surface area contributed by atoms with Gasteiger partial charge >= 0.3 is 0 Å². The van der Waals surface area contributed by atoms with Crippen molar-refractivity contribution in [2.75, 3.05) is 0 Å². The number of nitrogens with zero attached hydrogens (tertiary/aromatic N) is 1. The summed E-state index contributed by atoms with van der Waals surface area (Å²) in [4.78, 5) is 4.60. The van der Waals surface area contributed by atoms with Crippen LogP contribution in [0.5, 0.6) is 0 Å². The molecule has 0 atom stereocenters. The number of hydrogen-bond donors (Lipinski definition) is 0. The third kappa shape index (κ3) is 4.34. The molecule has 2 nitrogen and oxygen atoms in total. The number of hydrogen-bond acceptors (Lipinski definition) is 2. The fraction of sp³-hybridized carbons (Fsp3) is 0.326. The molecule has 0 spiro atoms. The molecule has 2 heterocycles. The maximum atomic E-state index is 9.03. The number of aryl methyl sites for hydroxylation is 1. The van der Waals surface area contributed by atoms with Gasteiger partial charge in [0.15, 0.2) is 0 Å². The van der Waals surface area contributed by atoms with E-state index in [1.807, 2.05) is 18.2 Å². The largest absolute Gasteiger partial charge is 0.455 e. The molecule has 0 unspecified atom stereocenters. The fourth-order valence-electron chi connectivity index (χ4n) is 8.17. The van der Waals surface area contributed by atoms with Crippen molar-refractivity contribution in [1.29, 1.82) is 0 Å². The Balaban J connectivity index is 1.37. The molecular weight excluding hydrogens is 583 g/mol. The summed E-state index contributed by atoms with van der Waals surface area (Å²) < 4.78 is 49.3. The van der Waals surface area contributed by atoms with Crippen LogP contribution < -0.4 is 0 Å². The number of fused-ring (bicyclic) bond motifs is 9. The van der Waals surface area contributed by atoms with Crippen molar-refractivity contribution in [1.82, 2.24) is 4.98 Å². The Kier molecular flexibility index (Phi) is 5.35. The van der Waals surface area contributed by atoms with Crippen LogP contribution in [-0.4, -0.2) is 4.98 Å². The molecule has 2 aromatic heterocycles. The van der Waals surface area contributed by atoms with E-state index in [2.05, 4.69) is 107 Å². The molecule has 0 bridgehead atoms. The van der Waals surface area contributed by atoms with Gasteiger partial charge in [0.2, 0.25) is 0 Å². The second-order valence-electron chi connectivity index (χ2n) is 16.4. The molecule has 0 amide bonds. The SMILES string of the molecule is [2H]C([2H])([2H])c1cnc(-c2cccc3c2oc2cc4c(ccc5cc6c(cc54)-c4ccccc4C(C)(C)C(C)(C)C6(C)C)cc23)cc1C([2H])([2H])C(C)(C)C. The highest BCUT2D eigenvalue weighted by Crippen LogP contribution is 2.60. The van der Waals surface area contributed by atoms with Crippen LogP contribution in [-0.2, 0) is 17.2 Å². The topological polar surface area (TPSA) is 26.0 Å². The monoisotopic (exact) mass is 634 g/mol. The standard InChI is InChI=1S/C46H47NO/c1-27-26-47-40(22-30(27)25-43(2,3)4)33-16-13-15-32-37-20-28-18-19-29-21-39-36(23-34(29)35(28)24-41(37)48-42(32)33)31-14-11-12-17-38(31)44(5,6)46(9,10)45(39,7)8/h11-24,26H,25H2,1-10H3/i1D3,25D2. The van der Waals surface area contributed by atoms with Crippen LogP contribution in [0.3, 0.4) is 0 Å². The van der Waals surface area contributed by atoms with E-state index in [0.29, 0.717) is 16.8 Å². The predicted molar refractivity (Wildman–Crippen MR) is 205 cm³/mol. The van der Waals surface area contributed by atoms with Gasteiger partial charge in [0.1, 0.15) is 11.2 Å². The Labute approximate surface area is 292 Å². The summed E-state index contributed by atoms with van der Waals surface area (Å²) in [5.41, 5.74) is 6.72. The Morgan fingerprint density at radius 2 is 1.38 bits per heavy atom. The molecule has 2 heteroatoms. The van der Waals surface area contributed by atoms with Gasteiger partial charge < -0.3 is 4.42 Å². The zero-order valence-electron chi connectivity index (χ0n) is 34.5. The summed E-state index contributed by atoms with van der Waals surface area (Å²) in [6.45, 7) is 17.2. The number of pyridine rings is 1. The zero-order chi connectivity index (χ0) is 38.3. The van der Waals surface area contributed by atoms with Crippen molar-refractivity contribution in [2.45, 2.75) is 86.4 Å². The van der Waals surface area contributed by atoms with Gasteiger partial charge in [-0.3, -0.25) is 4.98 Å². The predicted octanol–water partition coefficient (Wildman–Crippen LogP) is 13.1. The third-order valence-electron chi connectivity index (χ3n) is 12.0. The lowest BCUT2D eigenvalue weighted by molar-refractivity contribution is 0.0949. The van der Waals surface area contributed by atoms with Crippen LogP contribution in [0.2, 0.25) is 0 Å². The van der Waals surface area contributed by atoms with E-state index >= 15 is 0 Å². The minimum atomic E-state index is -2.52. The fourth-order valence-corrected chi connectivity index (χ4v) is 8.17. The van der Waals surface area contributed by atoms with Crippen LogP contribution in [0.15, 0.2) is 95.5 Å². The lowest BCUT2D eigenvalue weighted by Gasteiger charge is -2.51. The average molecular weight is 635 g/mol. The molecule has 48 heavy (non-hydrogen) atoms. The maximum Gasteiger partial charge on any atom is 0.144 e.